The molecule has 142 valence electrons. The Morgan fingerprint density at radius 2 is 1.61 bits per heavy atom. The number of para-hydroxylation sites is 2. The smallest absolute Gasteiger partial charge is 0.200 e. The lowest BCUT2D eigenvalue weighted by Crippen LogP contribution is -2.24. The summed E-state index contributed by atoms with van der Waals surface area (Å²) in [7, 11) is -3.93. The number of sulfone groups is 1. The van der Waals surface area contributed by atoms with E-state index in [-0.39, 0.29) is 10.6 Å². The zero-order valence-corrected chi connectivity index (χ0v) is 16.4. The molecule has 1 fully saturated rings. The van der Waals surface area contributed by atoms with E-state index >= 15 is 0 Å². The molecule has 4 rings (SSSR count). The van der Waals surface area contributed by atoms with E-state index in [0.717, 1.165) is 31.5 Å². The average Bonchev–Trinajstić information content (AvgIpc) is 3.23. The molecular weight excluding hydrogens is 372 g/mol. The molecule has 0 spiro atoms. The minimum absolute atomic E-state index is 0.118. The molecular formula is C21H20N4O2S. The highest BCUT2D eigenvalue weighted by atomic mass is 32.2. The second kappa shape index (κ2) is 7.21. The van der Waals surface area contributed by atoms with Gasteiger partial charge in [-0.3, -0.25) is 0 Å². The van der Waals surface area contributed by atoms with Gasteiger partial charge in [-0.25, -0.2) is 18.4 Å². The zero-order valence-electron chi connectivity index (χ0n) is 15.5. The lowest BCUT2D eigenvalue weighted by Gasteiger charge is -2.22. The van der Waals surface area contributed by atoms with Gasteiger partial charge in [-0.05, 0) is 44.0 Å². The number of anilines is 1. The number of hydrogen-bond acceptors (Lipinski definition) is 6. The van der Waals surface area contributed by atoms with E-state index in [1.54, 1.807) is 30.3 Å². The molecule has 2 aromatic carbocycles. The molecule has 2 heterocycles. The van der Waals surface area contributed by atoms with Gasteiger partial charge in [0.15, 0.2) is 11.1 Å². The Morgan fingerprint density at radius 1 is 1.00 bits per heavy atom. The van der Waals surface area contributed by atoms with Crippen LogP contribution in [0.4, 0.5) is 5.82 Å². The van der Waals surface area contributed by atoms with E-state index in [0.29, 0.717) is 16.9 Å². The Bertz CT molecular complexity index is 1160. The minimum atomic E-state index is -3.93. The first-order valence-electron chi connectivity index (χ1n) is 9.22. The van der Waals surface area contributed by atoms with Crippen LogP contribution in [0.2, 0.25) is 0 Å². The molecule has 0 unspecified atom stereocenters. The Kier molecular flexibility index (Phi) is 4.73. The summed E-state index contributed by atoms with van der Waals surface area (Å²) in [5.74, 6) is 0.499. The van der Waals surface area contributed by atoms with Crippen molar-refractivity contribution in [3.63, 3.8) is 0 Å². The first-order chi connectivity index (χ1) is 13.5. The third-order valence-electron chi connectivity index (χ3n) is 5.01. The Labute approximate surface area is 164 Å². The van der Waals surface area contributed by atoms with Gasteiger partial charge in [0.05, 0.1) is 22.0 Å². The van der Waals surface area contributed by atoms with Gasteiger partial charge < -0.3 is 4.90 Å². The van der Waals surface area contributed by atoms with Crippen molar-refractivity contribution < 1.29 is 8.42 Å². The first-order valence-corrected chi connectivity index (χ1v) is 10.8. The summed E-state index contributed by atoms with van der Waals surface area (Å²) in [6, 6.07) is 15.9. The second-order valence-corrected chi connectivity index (χ2v) is 9.02. The summed E-state index contributed by atoms with van der Waals surface area (Å²) in [6.45, 7) is 3.45. The van der Waals surface area contributed by atoms with Crippen LogP contribution in [0.5, 0.6) is 0 Å². The molecule has 1 atom stereocenters. The minimum Gasteiger partial charge on any atom is -0.355 e. The SMILES string of the molecule is Cc1ccc(S(=O)(=O)[C@@H](C#N)c2nc3ccccc3nc2N2CCCC2)cc1. The predicted molar refractivity (Wildman–Crippen MR) is 108 cm³/mol. The van der Waals surface area contributed by atoms with Gasteiger partial charge in [0.2, 0.25) is 9.84 Å². The molecule has 0 bridgehead atoms. The summed E-state index contributed by atoms with van der Waals surface area (Å²) in [4.78, 5) is 11.4. The Hall–Kier alpha value is -2.98. The van der Waals surface area contributed by atoms with Crippen LogP contribution in [0.15, 0.2) is 53.4 Å². The predicted octanol–water partition coefficient (Wildman–Crippen LogP) is 3.58. The average molecular weight is 392 g/mol. The Morgan fingerprint density at radius 3 is 2.21 bits per heavy atom. The van der Waals surface area contributed by atoms with Crippen LogP contribution < -0.4 is 4.90 Å². The maximum atomic E-state index is 13.3. The monoisotopic (exact) mass is 392 g/mol. The molecule has 1 saturated heterocycles. The third kappa shape index (κ3) is 3.20. The quantitative estimate of drug-likeness (QED) is 0.674. The Balaban J connectivity index is 1.90. The van der Waals surface area contributed by atoms with E-state index in [1.807, 2.05) is 36.1 Å². The standard InChI is InChI=1S/C21H20N4O2S/c1-15-8-10-16(11-9-15)28(26,27)19(14-22)20-21(25-12-4-5-13-25)24-18-7-3-2-6-17(18)23-20/h2-3,6-11,19H,4-5,12-13H2,1H3/t19-/m0/s1. The number of benzene rings is 2. The van der Waals surface area contributed by atoms with Crippen LogP contribution in [0.3, 0.4) is 0 Å². The highest BCUT2D eigenvalue weighted by Gasteiger charge is 2.35. The van der Waals surface area contributed by atoms with E-state index in [4.69, 9.17) is 4.98 Å². The maximum Gasteiger partial charge on any atom is 0.200 e. The fraction of sp³-hybridized carbons (Fsp3) is 0.286. The van der Waals surface area contributed by atoms with Gasteiger partial charge in [0.25, 0.3) is 0 Å². The molecule has 1 aromatic heterocycles. The van der Waals surface area contributed by atoms with Crippen molar-refractivity contribution in [2.45, 2.75) is 29.9 Å². The normalized spacial score (nSPS) is 15.5. The fourth-order valence-electron chi connectivity index (χ4n) is 3.48. The summed E-state index contributed by atoms with van der Waals surface area (Å²) < 4.78 is 26.5. The molecule has 1 aliphatic heterocycles. The highest BCUT2D eigenvalue weighted by molar-refractivity contribution is 7.92. The van der Waals surface area contributed by atoms with Crippen molar-refractivity contribution in [2.24, 2.45) is 0 Å². The van der Waals surface area contributed by atoms with E-state index in [9.17, 15) is 13.7 Å². The van der Waals surface area contributed by atoms with Gasteiger partial charge in [-0.15, -0.1) is 0 Å². The largest absolute Gasteiger partial charge is 0.355 e. The maximum absolute atomic E-state index is 13.3. The highest BCUT2D eigenvalue weighted by Crippen LogP contribution is 2.35. The summed E-state index contributed by atoms with van der Waals surface area (Å²) in [5, 5.41) is 8.44. The number of rotatable bonds is 4. The molecule has 7 heteroatoms. The van der Waals surface area contributed by atoms with E-state index < -0.39 is 15.1 Å². The van der Waals surface area contributed by atoms with Crippen molar-refractivity contribution in [3.05, 3.63) is 59.8 Å². The number of nitriles is 1. The van der Waals surface area contributed by atoms with E-state index in [1.165, 1.54) is 0 Å². The van der Waals surface area contributed by atoms with Crippen LogP contribution in [0.1, 0.15) is 29.3 Å². The molecule has 6 nitrogen and oxygen atoms in total. The van der Waals surface area contributed by atoms with Gasteiger partial charge >= 0.3 is 0 Å². The molecule has 0 saturated carbocycles. The van der Waals surface area contributed by atoms with E-state index in [2.05, 4.69) is 4.98 Å². The van der Waals surface area contributed by atoms with Crippen molar-refractivity contribution in [1.82, 2.24) is 9.97 Å². The van der Waals surface area contributed by atoms with Crippen LogP contribution in [-0.2, 0) is 9.84 Å². The molecule has 28 heavy (non-hydrogen) atoms. The zero-order chi connectivity index (χ0) is 19.7. The summed E-state index contributed by atoms with van der Waals surface area (Å²) in [5.41, 5.74) is 2.44. The van der Waals surface area contributed by atoms with Crippen molar-refractivity contribution >= 4 is 26.7 Å². The number of nitrogens with zero attached hydrogens (tertiary/aromatic N) is 4. The fourth-order valence-corrected chi connectivity index (χ4v) is 4.86. The number of aromatic nitrogens is 2. The molecule has 0 radical (unpaired) electrons. The van der Waals surface area contributed by atoms with Gasteiger partial charge in [0, 0.05) is 13.1 Å². The number of aryl methyl sites for hydroxylation is 1. The van der Waals surface area contributed by atoms with Crippen LogP contribution in [-0.4, -0.2) is 31.5 Å². The lowest BCUT2D eigenvalue weighted by atomic mass is 10.2. The van der Waals surface area contributed by atoms with Gasteiger partial charge in [-0.1, -0.05) is 29.8 Å². The van der Waals surface area contributed by atoms with Crippen molar-refractivity contribution in [2.75, 3.05) is 18.0 Å². The molecule has 0 aliphatic carbocycles. The van der Waals surface area contributed by atoms with Crippen LogP contribution >= 0.6 is 0 Å². The molecule has 0 amide bonds. The topological polar surface area (TPSA) is 86.9 Å². The summed E-state index contributed by atoms with van der Waals surface area (Å²) in [6.07, 6.45) is 2.02. The van der Waals surface area contributed by atoms with Crippen molar-refractivity contribution in [3.8, 4) is 6.07 Å². The first kappa shape index (κ1) is 18.4. The molecule has 3 aromatic rings. The van der Waals surface area contributed by atoms with Crippen LogP contribution in [0, 0.1) is 18.3 Å². The summed E-state index contributed by atoms with van der Waals surface area (Å²) >= 11 is 0. The number of fused-ring (bicyclic) bond motifs is 1. The molecule has 1 aliphatic rings. The lowest BCUT2D eigenvalue weighted by molar-refractivity contribution is 0.590. The second-order valence-electron chi connectivity index (χ2n) is 6.98. The molecule has 0 N–H and O–H groups in total. The van der Waals surface area contributed by atoms with Gasteiger partial charge in [0.1, 0.15) is 5.69 Å². The van der Waals surface area contributed by atoms with Crippen LogP contribution in [0.25, 0.3) is 11.0 Å². The van der Waals surface area contributed by atoms with Crippen molar-refractivity contribution in [1.29, 1.82) is 5.26 Å². The number of hydrogen-bond donors (Lipinski definition) is 0. The van der Waals surface area contributed by atoms with Gasteiger partial charge in [-0.2, -0.15) is 5.26 Å². The third-order valence-corrected chi connectivity index (χ3v) is 6.89.